The van der Waals surface area contributed by atoms with E-state index in [1.54, 1.807) is 0 Å². The third-order valence-electron chi connectivity index (χ3n) is 1.65. The number of rotatable bonds is 2. The predicted octanol–water partition coefficient (Wildman–Crippen LogP) is 2.21. The summed E-state index contributed by atoms with van der Waals surface area (Å²) in [5, 5.41) is 7.54. The van der Waals surface area contributed by atoms with Gasteiger partial charge in [-0.3, -0.25) is 4.99 Å². The van der Waals surface area contributed by atoms with Gasteiger partial charge in [0.25, 0.3) is 0 Å². The molecular weight excluding hydrogens is 136 g/mol. The maximum Gasteiger partial charge on any atom is 0.0778 e. The zero-order valence-electron chi connectivity index (χ0n) is 6.93. The van der Waals surface area contributed by atoms with Crippen LogP contribution in [0.15, 0.2) is 17.1 Å². The molecule has 0 aromatic rings. The third-order valence-corrected chi connectivity index (χ3v) is 1.65. The summed E-state index contributed by atoms with van der Waals surface area (Å²) in [6.07, 6.45) is 6.97. The van der Waals surface area contributed by atoms with Crippen molar-refractivity contribution >= 4 is 11.4 Å². The van der Waals surface area contributed by atoms with Gasteiger partial charge < -0.3 is 5.41 Å². The maximum atomic E-state index is 7.54. The molecule has 0 fully saturated rings. The van der Waals surface area contributed by atoms with E-state index in [1.807, 2.05) is 6.08 Å². The third kappa shape index (κ3) is 2.30. The lowest BCUT2D eigenvalue weighted by Crippen LogP contribution is -2.13. The normalized spacial score (nSPS) is 21.2. The van der Waals surface area contributed by atoms with E-state index in [9.17, 15) is 0 Å². The number of hydrogen-bond donors (Lipinski definition) is 1. The molecule has 11 heavy (non-hydrogen) atoms. The minimum atomic E-state index is 0.695. The molecule has 0 saturated heterocycles. The summed E-state index contributed by atoms with van der Waals surface area (Å²) >= 11 is 0. The zero-order chi connectivity index (χ0) is 8.10. The molecular formula is C9H14N2. The summed E-state index contributed by atoms with van der Waals surface area (Å²) in [5.41, 5.74) is 1.58. The topological polar surface area (TPSA) is 36.2 Å². The standard InChI is InChI=1S/C9H14N2/c1-2-7-11-9-6-4-3-5-8(9)10/h4,6,10H,2-3,5,7H2,1H3. The highest BCUT2D eigenvalue weighted by Gasteiger charge is 2.05. The van der Waals surface area contributed by atoms with E-state index in [0.29, 0.717) is 5.71 Å². The molecule has 0 saturated carbocycles. The van der Waals surface area contributed by atoms with Crippen molar-refractivity contribution in [1.82, 2.24) is 0 Å². The van der Waals surface area contributed by atoms with E-state index < -0.39 is 0 Å². The molecule has 60 valence electrons. The second-order valence-corrected chi connectivity index (χ2v) is 2.69. The van der Waals surface area contributed by atoms with Crippen LogP contribution in [0.25, 0.3) is 0 Å². The van der Waals surface area contributed by atoms with Crippen LogP contribution < -0.4 is 0 Å². The Morgan fingerprint density at radius 3 is 3.09 bits per heavy atom. The van der Waals surface area contributed by atoms with Crippen LogP contribution in [-0.2, 0) is 0 Å². The molecule has 0 radical (unpaired) electrons. The number of aliphatic imine (C=N–C) groups is 1. The first-order chi connectivity index (χ1) is 5.34. The average molecular weight is 150 g/mol. The molecule has 0 aromatic heterocycles. The van der Waals surface area contributed by atoms with Gasteiger partial charge in [-0.15, -0.1) is 0 Å². The largest absolute Gasteiger partial charge is 0.303 e. The highest BCUT2D eigenvalue weighted by atomic mass is 14.7. The molecule has 0 spiro atoms. The van der Waals surface area contributed by atoms with E-state index in [2.05, 4.69) is 18.0 Å². The monoisotopic (exact) mass is 150 g/mol. The molecule has 0 heterocycles. The summed E-state index contributed by atoms with van der Waals surface area (Å²) in [6.45, 7) is 2.95. The van der Waals surface area contributed by atoms with Crippen molar-refractivity contribution in [3.05, 3.63) is 12.2 Å². The van der Waals surface area contributed by atoms with Crippen LogP contribution >= 0.6 is 0 Å². The molecule has 1 aliphatic carbocycles. The molecule has 1 N–H and O–H groups in total. The Kier molecular flexibility index (Phi) is 3.02. The van der Waals surface area contributed by atoms with Gasteiger partial charge in [-0.05, 0) is 25.3 Å². The van der Waals surface area contributed by atoms with Crippen molar-refractivity contribution in [3.8, 4) is 0 Å². The molecule has 0 aliphatic heterocycles. The number of allylic oxidation sites excluding steroid dienone is 2. The quantitative estimate of drug-likeness (QED) is 0.626. The van der Waals surface area contributed by atoms with E-state index >= 15 is 0 Å². The summed E-state index contributed by atoms with van der Waals surface area (Å²) in [6, 6.07) is 0. The number of nitrogens with zero attached hydrogens (tertiary/aromatic N) is 1. The van der Waals surface area contributed by atoms with Gasteiger partial charge in [0.05, 0.1) is 11.4 Å². The van der Waals surface area contributed by atoms with Gasteiger partial charge in [0, 0.05) is 6.54 Å². The first kappa shape index (κ1) is 8.18. The lowest BCUT2D eigenvalue weighted by atomic mass is 10.0. The van der Waals surface area contributed by atoms with Crippen molar-refractivity contribution in [2.75, 3.05) is 6.54 Å². The summed E-state index contributed by atoms with van der Waals surface area (Å²) < 4.78 is 0. The molecule has 0 bridgehead atoms. The van der Waals surface area contributed by atoms with Gasteiger partial charge in [0.2, 0.25) is 0 Å². The summed E-state index contributed by atoms with van der Waals surface area (Å²) in [7, 11) is 0. The van der Waals surface area contributed by atoms with Crippen molar-refractivity contribution in [2.24, 2.45) is 4.99 Å². The van der Waals surface area contributed by atoms with Gasteiger partial charge in [-0.25, -0.2) is 0 Å². The van der Waals surface area contributed by atoms with Gasteiger partial charge in [0.15, 0.2) is 0 Å². The fraction of sp³-hybridized carbons (Fsp3) is 0.556. The minimum absolute atomic E-state index is 0.695. The van der Waals surface area contributed by atoms with Crippen molar-refractivity contribution in [1.29, 1.82) is 5.41 Å². The van der Waals surface area contributed by atoms with Crippen molar-refractivity contribution < 1.29 is 0 Å². The Morgan fingerprint density at radius 1 is 1.64 bits per heavy atom. The van der Waals surface area contributed by atoms with Crippen LogP contribution in [0.3, 0.4) is 0 Å². The lowest BCUT2D eigenvalue weighted by Gasteiger charge is -2.07. The summed E-state index contributed by atoms with van der Waals surface area (Å²) in [4.78, 5) is 4.29. The molecule has 0 unspecified atom stereocenters. The molecule has 1 rings (SSSR count). The van der Waals surface area contributed by atoms with E-state index in [1.165, 1.54) is 0 Å². The fourth-order valence-corrected chi connectivity index (χ4v) is 1.03. The van der Waals surface area contributed by atoms with E-state index in [4.69, 9.17) is 5.41 Å². The molecule has 1 aliphatic rings. The molecule has 0 aromatic carbocycles. The highest BCUT2D eigenvalue weighted by Crippen LogP contribution is 2.04. The number of hydrogen-bond acceptors (Lipinski definition) is 2. The molecule has 0 atom stereocenters. The van der Waals surface area contributed by atoms with Crippen molar-refractivity contribution in [2.45, 2.75) is 26.2 Å². The van der Waals surface area contributed by atoms with Gasteiger partial charge in [-0.1, -0.05) is 13.0 Å². The SMILES string of the molecule is CCCN=C1C=CCCC1=N. The van der Waals surface area contributed by atoms with E-state index in [-0.39, 0.29) is 0 Å². The summed E-state index contributed by atoms with van der Waals surface area (Å²) in [5.74, 6) is 0. The van der Waals surface area contributed by atoms with Crippen LogP contribution in [0.5, 0.6) is 0 Å². The lowest BCUT2D eigenvalue weighted by molar-refractivity contribution is 0.932. The second-order valence-electron chi connectivity index (χ2n) is 2.69. The second kappa shape index (κ2) is 4.06. The van der Waals surface area contributed by atoms with E-state index in [0.717, 1.165) is 31.5 Å². The van der Waals surface area contributed by atoms with Crippen LogP contribution in [0, 0.1) is 5.41 Å². The Morgan fingerprint density at radius 2 is 2.45 bits per heavy atom. The smallest absolute Gasteiger partial charge is 0.0778 e. The van der Waals surface area contributed by atoms with Crippen molar-refractivity contribution in [3.63, 3.8) is 0 Å². The Hall–Kier alpha value is -0.920. The van der Waals surface area contributed by atoms with Crippen LogP contribution in [0.2, 0.25) is 0 Å². The average Bonchev–Trinajstić information content (AvgIpc) is 2.03. The first-order valence-electron chi connectivity index (χ1n) is 4.13. The Bertz CT molecular complexity index is 202. The molecule has 2 heteroatoms. The molecule has 2 nitrogen and oxygen atoms in total. The fourth-order valence-electron chi connectivity index (χ4n) is 1.03. The van der Waals surface area contributed by atoms with Gasteiger partial charge in [0.1, 0.15) is 0 Å². The predicted molar refractivity (Wildman–Crippen MR) is 48.7 cm³/mol. The Labute approximate surface area is 67.5 Å². The zero-order valence-corrected chi connectivity index (χ0v) is 6.93. The maximum absolute atomic E-state index is 7.54. The van der Waals surface area contributed by atoms with Crippen LogP contribution in [0.1, 0.15) is 26.2 Å². The highest BCUT2D eigenvalue weighted by molar-refractivity contribution is 6.46. The van der Waals surface area contributed by atoms with Crippen LogP contribution in [-0.4, -0.2) is 18.0 Å². The van der Waals surface area contributed by atoms with Crippen LogP contribution in [0.4, 0.5) is 0 Å². The first-order valence-corrected chi connectivity index (χ1v) is 4.13. The number of nitrogens with one attached hydrogen (secondary N) is 1. The Balaban J connectivity index is 2.60. The van der Waals surface area contributed by atoms with Gasteiger partial charge in [-0.2, -0.15) is 0 Å². The molecule has 0 amide bonds. The minimum Gasteiger partial charge on any atom is -0.303 e. The van der Waals surface area contributed by atoms with Gasteiger partial charge >= 0.3 is 0 Å².